The van der Waals surface area contributed by atoms with Gasteiger partial charge < -0.3 is 10.1 Å². The van der Waals surface area contributed by atoms with Crippen molar-refractivity contribution in [2.45, 2.75) is 26.7 Å². The molecule has 0 radical (unpaired) electrons. The van der Waals surface area contributed by atoms with Crippen LogP contribution in [0.2, 0.25) is 0 Å². The molecule has 0 aliphatic carbocycles. The lowest BCUT2D eigenvalue weighted by Crippen LogP contribution is -2.11. The predicted molar refractivity (Wildman–Crippen MR) is 86.4 cm³/mol. The first-order chi connectivity index (χ1) is 10.2. The fraction of sp³-hybridized carbons (Fsp3) is 0.294. The maximum atomic E-state index is 13.5. The Kier molecular flexibility index (Phi) is 6.36. The van der Waals surface area contributed by atoms with E-state index in [0.717, 1.165) is 23.1 Å². The van der Waals surface area contributed by atoms with Crippen LogP contribution in [-0.4, -0.2) is 6.54 Å². The number of nitrogens with one attached hydrogen (secondary N) is 1. The number of hydrogen-bond acceptors (Lipinski definition) is 2. The number of rotatable bonds is 7. The Bertz CT molecular complexity index is 589. The standard InChI is InChI=1S/C17H19BrFNO/c1-2-20-10-13-7-8-14(16(18)9-13)11-21-12-15-5-3-4-6-17(15)19/h3-9,20H,2,10-12H2,1H3. The molecule has 2 aromatic carbocycles. The molecule has 0 saturated carbocycles. The summed E-state index contributed by atoms with van der Waals surface area (Å²) in [6.07, 6.45) is 0. The van der Waals surface area contributed by atoms with E-state index in [2.05, 4.69) is 40.3 Å². The lowest BCUT2D eigenvalue weighted by atomic mass is 10.1. The molecule has 0 saturated heterocycles. The Hall–Kier alpha value is -1.23. The van der Waals surface area contributed by atoms with Crippen LogP contribution in [-0.2, 0) is 24.5 Å². The van der Waals surface area contributed by atoms with Crippen molar-refractivity contribution in [1.29, 1.82) is 0 Å². The summed E-state index contributed by atoms with van der Waals surface area (Å²) in [6, 6.07) is 12.9. The Morgan fingerprint density at radius 1 is 1.10 bits per heavy atom. The molecule has 0 aromatic heterocycles. The van der Waals surface area contributed by atoms with Crippen LogP contribution in [0.1, 0.15) is 23.6 Å². The van der Waals surface area contributed by atoms with Gasteiger partial charge in [0.05, 0.1) is 13.2 Å². The van der Waals surface area contributed by atoms with E-state index in [9.17, 15) is 4.39 Å². The SMILES string of the molecule is CCNCc1ccc(COCc2ccccc2F)c(Br)c1. The maximum Gasteiger partial charge on any atom is 0.128 e. The van der Waals surface area contributed by atoms with Crippen molar-refractivity contribution in [3.63, 3.8) is 0 Å². The van der Waals surface area contributed by atoms with Crippen LogP contribution in [0.15, 0.2) is 46.9 Å². The van der Waals surface area contributed by atoms with Crippen LogP contribution in [0.4, 0.5) is 4.39 Å². The molecular weight excluding hydrogens is 333 g/mol. The van der Waals surface area contributed by atoms with Crippen LogP contribution < -0.4 is 5.32 Å². The minimum absolute atomic E-state index is 0.224. The van der Waals surface area contributed by atoms with E-state index < -0.39 is 0 Å². The van der Waals surface area contributed by atoms with Crippen molar-refractivity contribution in [2.24, 2.45) is 0 Å². The average Bonchev–Trinajstić information content (AvgIpc) is 2.49. The van der Waals surface area contributed by atoms with Gasteiger partial charge in [-0.3, -0.25) is 0 Å². The molecule has 1 N–H and O–H groups in total. The molecule has 112 valence electrons. The maximum absolute atomic E-state index is 13.5. The molecule has 0 atom stereocenters. The fourth-order valence-corrected chi connectivity index (χ4v) is 2.51. The summed E-state index contributed by atoms with van der Waals surface area (Å²) >= 11 is 3.56. The van der Waals surface area contributed by atoms with Crippen LogP contribution >= 0.6 is 15.9 Å². The van der Waals surface area contributed by atoms with E-state index >= 15 is 0 Å². The molecular formula is C17H19BrFNO. The summed E-state index contributed by atoms with van der Waals surface area (Å²) in [5, 5.41) is 3.29. The summed E-state index contributed by atoms with van der Waals surface area (Å²) in [7, 11) is 0. The Morgan fingerprint density at radius 3 is 2.57 bits per heavy atom. The summed E-state index contributed by atoms with van der Waals surface area (Å²) in [5.41, 5.74) is 2.87. The molecule has 21 heavy (non-hydrogen) atoms. The highest BCUT2D eigenvalue weighted by molar-refractivity contribution is 9.10. The average molecular weight is 352 g/mol. The second-order valence-electron chi connectivity index (χ2n) is 4.79. The van der Waals surface area contributed by atoms with Crippen LogP contribution in [0.5, 0.6) is 0 Å². The quantitative estimate of drug-likeness (QED) is 0.797. The summed E-state index contributed by atoms with van der Waals surface area (Å²) < 4.78 is 20.1. The van der Waals surface area contributed by atoms with Crippen molar-refractivity contribution in [2.75, 3.05) is 6.54 Å². The van der Waals surface area contributed by atoms with Gasteiger partial charge in [-0.15, -0.1) is 0 Å². The largest absolute Gasteiger partial charge is 0.372 e. The first-order valence-corrected chi connectivity index (χ1v) is 7.79. The summed E-state index contributed by atoms with van der Waals surface area (Å²) in [5.74, 6) is -0.224. The fourth-order valence-electron chi connectivity index (χ4n) is 1.97. The number of halogens is 2. The number of ether oxygens (including phenoxy) is 1. The third kappa shape index (κ3) is 4.92. The van der Waals surface area contributed by atoms with Gasteiger partial charge >= 0.3 is 0 Å². The molecule has 0 amide bonds. The lowest BCUT2D eigenvalue weighted by molar-refractivity contribution is 0.104. The molecule has 0 unspecified atom stereocenters. The van der Waals surface area contributed by atoms with Gasteiger partial charge in [-0.1, -0.05) is 53.2 Å². The zero-order valence-corrected chi connectivity index (χ0v) is 13.6. The second-order valence-corrected chi connectivity index (χ2v) is 5.64. The Balaban J connectivity index is 1.90. The molecule has 2 aromatic rings. The minimum atomic E-state index is -0.224. The van der Waals surface area contributed by atoms with Gasteiger partial charge in [-0.25, -0.2) is 4.39 Å². The first-order valence-electron chi connectivity index (χ1n) is 7.00. The van der Waals surface area contributed by atoms with E-state index in [1.807, 2.05) is 12.1 Å². The second kappa shape index (κ2) is 8.27. The number of hydrogen-bond donors (Lipinski definition) is 1. The third-order valence-electron chi connectivity index (χ3n) is 3.17. The molecule has 0 fully saturated rings. The van der Waals surface area contributed by atoms with E-state index in [4.69, 9.17) is 4.74 Å². The normalized spacial score (nSPS) is 10.8. The van der Waals surface area contributed by atoms with Gasteiger partial charge in [0.2, 0.25) is 0 Å². The molecule has 0 aliphatic heterocycles. The predicted octanol–water partition coefficient (Wildman–Crippen LogP) is 4.41. The van der Waals surface area contributed by atoms with Crippen molar-refractivity contribution in [3.8, 4) is 0 Å². The summed E-state index contributed by atoms with van der Waals surface area (Å²) in [6.45, 7) is 4.62. The third-order valence-corrected chi connectivity index (χ3v) is 3.91. The van der Waals surface area contributed by atoms with E-state index in [0.29, 0.717) is 12.2 Å². The van der Waals surface area contributed by atoms with Crippen molar-refractivity contribution >= 4 is 15.9 Å². The monoisotopic (exact) mass is 351 g/mol. The molecule has 0 spiro atoms. The molecule has 2 rings (SSSR count). The Morgan fingerprint density at radius 2 is 1.86 bits per heavy atom. The molecule has 0 aliphatic rings. The molecule has 0 heterocycles. The lowest BCUT2D eigenvalue weighted by Gasteiger charge is -2.09. The summed E-state index contributed by atoms with van der Waals surface area (Å²) in [4.78, 5) is 0. The topological polar surface area (TPSA) is 21.3 Å². The zero-order chi connectivity index (χ0) is 15.1. The smallest absolute Gasteiger partial charge is 0.128 e. The Labute approximate surface area is 133 Å². The zero-order valence-electron chi connectivity index (χ0n) is 12.0. The van der Waals surface area contributed by atoms with E-state index in [1.54, 1.807) is 12.1 Å². The number of benzene rings is 2. The van der Waals surface area contributed by atoms with Gasteiger partial charge in [0.15, 0.2) is 0 Å². The molecule has 2 nitrogen and oxygen atoms in total. The van der Waals surface area contributed by atoms with Crippen LogP contribution in [0, 0.1) is 5.82 Å². The van der Waals surface area contributed by atoms with Gasteiger partial charge in [0.25, 0.3) is 0 Å². The van der Waals surface area contributed by atoms with Gasteiger partial charge in [0, 0.05) is 16.6 Å². The highest BCUT2D eigenvalue weighted by atomic mass is 79.9. The molecule has 0 bridgehead atoms. The van der Waals surface area contributed by atoms with Crippen molar-refractivity contribution < 1.29 is 9.13 Å². The van der Waals surface area contributed by atoms with Gasteiger partial charge in [-0.05, 0) is 29.8 Å². The highest BCUT2D eigenvalue weighted by Crippen LogP contribution is 2.20. The van der Waals surface area contributed by atoms with E-state index in [1.165, 1.54) is 11.6 Å². The van der Waals surface area contributed by atoms with E-state index in [-0.39, 0.29) is 12.4 Å². The van der Waals surface area contributed by atoms with Gasteiger partial charge in [-0.2, -0.15) is 0 Å². The van der Waals surface area contributed by atoms with Crippen LogP contribution in [0.25, 0.3) is 0 Å². The first kappa shape index (κ1) is 16.1. The van der Waals surface area contributed by atoms with Gasteiger partial charge in [0.1, 0.15) is 5.82 Å². The minimum Gasteiger partial charge on any atom is -0.372 e. The highest BCUT2D eigenvalue weighted by Gasteiger charge is 2.04. The van der Waals surface area contributed by atoms with Crippen molar-refractivity contribution in [1.82, 2.24) is 5.32 Å². The van der Waals surface area contributed by atoms with Crippen LogP contribution in [0.3, 0.4) is 0 Å². The van der Waals surface area contributed by atoms with Crippen molar-refractivity contribution in [3.05, 3.63) is 69.4 Å². The molecule has 4 heteroatoms.